The van der Waals surface area contributed by atoms with Gasteiger partial charge in [-0.05, 0) is 24.7 Å². The molecule has 11 heavy (non-hydrogen) atoms. The van der Waals surface area contributed by atoms with Crippen molar-refractivity contribution in [2.24, 2.45) is 16.8 Å². The molecule has 0 aromatic rings. The van der Waals surface area contributed by atoms with Crippen molar-refractivity contribution in [3.05, 3.63) is 0 Å². The van der Waals surface area contributed by atoms with Gasteiger partial charge < -0.3 is 0 Å². The Hall–Kier alpha value is -0.330. The molecule has 0 bridgehead atoms. The molecule has 0 aliphatic carbocycles. The van der Waals surface area contributed by atoms with Crippen LogP contribution < -0.4 is 0 Å². The fourth-order valence-electron chi connectivity index (χ4n) is 1.10. The maximum absolute atomic E-state index is 4.28. The average molecular weight is 155 g/mol. The summed E-state index contributed by atoms with van der Waals surface area (Å²) in [5.74, 6) is 1.42. The molecule has 0 amide bonds. The molecule has 0 unspecified atom stereocenters. The molecule has 0 fully saturated rings. The molecule has 1 heteroatoms. The van der Waals surface area contributed by atoms with Gasteiger partial charge >= 0.3 is 0 Å². The van der Waals surface area contributed by atoms with E-state index in [4.69, 9.17) is 0 Å². The standard InChI is InChI=1S/C10H21N/c1-8(2)6-7-10(11-5)9(3)4/h8-9H,6-7H2,1-5H3/b11-10+. The predicted molar refractivity (Wildman–Crippen MR) is 52.3 cm³/mol. The highest BCUT2D eigenvalue weighted by Crippen LogP contribution is 2.09. The molecule has 0 N–H and O–H groups in total. The van der Waals surface area contributed by atoms with Crippen molar-refractivity contribution in [1.82, 2.24) is 0 Å². The Bertz CT molecular complexity index is 123. The van der Waals surface area contributed by atoms with Crippen LogP contribution in [0.2, 0.25) is 0 Å². The van der Waals surface area contributed by atoms with E-state index in [0.29, 0.717) is 5.92 Å². The summed E-state index contributed by atoms with van der Waals surface area (Å²) in [4.78, 5) is 4.28. The van der Waals surface area contributed by atoms with Crippen molar-refractivity contribution in [3.8, 4) is 0 Å². The van der Waals surface area contributed by atoms with Gasteiger partial charge in [-0.1, -0.05) is 27.7 Å². The molecule has 0 rings (SSSR count). The minimum Gasteiger partial charge on any atom is -0.297 e. The Morgan fingerprint density at radius 3 is 2.00 bits per heavy atom. The summed E-state index contributed by atoms with van der Waals surface area (Å²) in [6, 6.07) is 0. The number of aliphatic imine (C=N–C) groups is 1. The Kier molecular flexibility index (Phi) is 5.18. The van der Waals surface area contributed by atoms with Gasteiger partial charge in [-0.3, -0.25) is 4.99 Å². The van der Waals surface area contributed by atoms with E-state index in [-0.39, 0.29) is 0 Å². The normalized spacial score (nSPS) is 13.2. The summed E-state index contributed by atoms with van der Waals surface area (Å²) in [7, 11) is 1.90. The topological polar surface area (TPSA) is 12.4 Å². The maximum Gasteiger partial charge on any atom is 0.0276 e. The number of nitrogens with zero attached hydrogens (tertiary/aromatic N) is 1. The third kappa shape index (κ3) is 5.00. The van der Waals surface area contributed by atoms with Crippen molar-refractivity contribution in [1.29, 1.82) is 0 Å². The molecule has 0 saturated heterocycles. The van der Waals surface area contributed by atoms with E-state index >= 15 is 0 Å². The predicted octanol–water partition coefficient (Wildman–Crippen LogP) is 3.15. The number of rotatable bonds is 4. The van der Waals surface area contributed by atoms with Gasteiger partial charge in [0.25, 0.3) is 0 Å². The first kappa shape index (κ1) is 10.7. The van der Waals surface area contributed by atoms with E-state index in [1.165, 1.54) is 18.6 Å². The Morgan fingerprint density at radius 2 is 1.73 bits per heavy atom. The molecule has 0 spiro atoms. The largest absolute Gasteiger partial charge is 0.297 e. The van der Waals surface area contributed by atoms with Crippen LogP contribution in [0.25, 0.3) is 0 Å². The Morgan fingerprint density at radius 1 is 1.18 bits per heavy atom. The van der Waals surface area contributed by atoms with Crippen molar-refractivity contribution in [3.63, 3.8) is 0 Å². The molecule has 0 aliphatic rings. The van der Waals surface area contributed by atoms with E-state index in [0.717, 1.165) is 5.92 Å². The van der Waals surface area contributed by atoms with Crippen LogP contribution in [0.5, 0.6) is 0 Å². The second kappa shape index (κ2) is 5.34. The van der Waals surface area contributed by atoms with Crippen molar-refractivity contribution < 1.29 is 0 Å². The molecule has 0 heterocycles. The van der Waals surface area contributed by atoms with Crippen LogP contribution in [-0.2, 0) is 0 Å². The molecular weight excluding hydrogens is 134 g/mol. The highest BCUT2D eigenvalue weighted by molar-refractivity contribution is 5.86. The molecule has 0 aromatic carbocycles. The van der Waals surface area contributed by atoms with Crippen LogP contribution in [-0.4, -0.2) is 12.8 Å². The molecular formula is C10H21N. The van der Waals surface area contributed by atoms with E-state index < -0.39 is 0 Å². The van der Waals surface area contributed by atoms with E-state index in [9.17, 15) is 0 Å². The maximum atomic E-state index is 4.28. The first-order valence-corrected chi connectivity index (χ1v) is 4.53. The van der Waals surface area contributed by atoms with Crippen LogP contribution >= 0.6 is 0 Å². The van der Waals surface area contributed by atoms with Crippen LogP contribution in [0.4, 0.5) is 0 Å². The SMILES string of the molecule is C/N=C(\CCC(C)C)C(C)C. The Labute approximate surface area is 70.9 Å². The van der Waals surface area contributed by atoms with Crippen LogP contribution in [0.3, 0.4) is 0 Å². The smallest absolute Gasteiger partial charge is 0.0276 e. The van der Waals surface area contributed by atoms with Gasteiger partial charge in [-0.15, -0.1) is 0 Å². The first-order chi connectivity index (χ1) is 5.07. The number of hydrogen-bond donors (Lipinski definition) is 0. The second-order valence-corrected chi connectivity index (χ2v) is 3.80. The summed E-state index contributed by atoms with van der Waals surface area (Å²) in [6.07, 6.45) is 2.44. The van der Waals surface area contributed by atoms with Gasteiger partial charge in [0.2, 0.25) is 0 Å². The molecule has 0 aromatic heterocycles. The van der Waals surface area contributed by atoms with Crippen molar-refractivity contribution in [2.75, 3.05) is 7.05 Å². The summed E-state index contributed by atoms with van der Waals surface area (Å²) < 4.78 is 0. The lowest BCUT2D eigenvalue weighted by Crippen LogP contribution is -2.08. The van der Waals surface area contributed by atoms with Gasteiger partial charge in [-0.25, -0.2) is 0 Å². The molecule has 0 saturated carbocycles. The lowest BCUT2D eigenvalue weighted by atomic mass is 9.99. The minimum atomic E-state index is 0.624. The van der Waals surface area contributed by atoms with Crippen LogP contribution in [0.15, 0.2) is 4.99 Å². The monoisotopic (exact) mass is 155 g/mol. The first-order valence-electron chi connectivity index (χ1n) is 4.53. The highest BCUT2D eigenvalue weighted by atomic mass is 14.7. The quantitative estimate of drug-likeness (QED) is 0.553. The van der Waals surface area contributed by atoms with Gasteiger partial charge in [0.15, 0.2) is 0 Å². The molecule has 1 nitrogen and oxygen atoms in total. The zero-order valence-corrected chi connectivity index (χ0v) is 8.52. The summed E-state index contributed by atoms with van der Waals surface area (Å²) in [5.41, 5.74) is 1.36. The highest BCUT2D eigenvalue weighted by Gasteiger charge is 2.04. The van der Waals surface area contributed by atoms with Gasteiger partial charge in [0.1, 0.15) is 0 Å². The average Bonchev–Trinajstić information content (AvgIpc) is 1.87. The van der Waals surface area contributed by atoms with E-state index in [2.05, 4.69) is 32.7 Å². The minimum absolute atomic E-state index is 0.624. The van der Waals surface area contributed by atoms with E-state index in [1.807, 2.05) is 7.05 Å². The lowest BCUT2D eigenvalue weighted by Gasteiger charge is -2.10. The number of hydrogen-bond acceptors (Lipinski definition) is 1. The van der Waals surface area contributed by atoms with Gasteiger partial charge in [-0.2, -0.15) is 0 Å². The molecule has 0 radical (unpaired) electrons. The van der Waals surface area contributed by atoms with Crippen LogP contribution in [0.1, 0.15) is 40.5 Å². The third-order valence-electron chi connectivity index (χ3n) is 1.93. The molecule has 66 valence electrons. The zero-order chi connectivity index (χ0) is 8.85. The Balaban J connectivity index is 3.72. The second-order valence-electron chi connectivity index (χ2n) is 3.80. The van der Waals surface area contributed by atoms with Gasteiger partial charge in [0, 0.05) is 12.8 Å². The zero-order valence-electron chi connectivity index (χ0n) is 8.52. The fourth-order valence-corrected chi connectivity index (χ4v) is 1.10. The molecule has 0 aliphatic heterocycles. The van der Waals surface area contributed by atoms with Crippen LogP contribution in [0, 0.1) is 11.8 Å². The third-order valence-corrected chi connectivity index (χ3v) is 1.93. The van der Waals surface area contributed by atoms with Crippen molar-refractivity contribution in [2.45, 2.75) is 40.5 Å². The summed E-state index contributed by atoms with van der Waals surface area (Å²) >= 11 is 0. The lowest BCUT2D eigenvalue weighted by molar-refractivity contribution is 0.595. The van der Waals surface area contributed by atoms with E-state index in [1.54, 1.807) is 0 Å². The summed E-state index contributed by atoms with van der Waals surface area (Å²) in [5, 5.41) is 0. The van der Waals surface area contributed by atoms with Crippen molar-refractivity contribution >= 4 is 5.71 Å². The fraction of sp³-hybridized carbons (Fsp3) is 0.900. The summed E-state index contributed by atoms with van der Waals surface area (Å²) in [6.45, 7) is 8.94. The molecule has 0 atom stereocenters. The van der Waals surface area contributed by atoms with Gasteiger partial charge in [0.05, 0.1) is 0 Å².